The second-order valence-electron chi connectivity index (χ2n) is 5.75. The third-order valence-corrected chi connectivity index (χ3v) is 5.16. The molecule has 1 N–H and O–H groups in total. The van der Waals surface area contributed by atoms with Crippen molar-refractivity contribution in [2.24, 2.45) is 11.3 Å². The highest BCUT2D eigenvalue weighted by atomic mass is 16.1. The minimum atomic E-state index is 0.135. The molecule has 2 unspecified atom stereocenters. The van der Waals surface area contributed by atoms with Crippen LogP contribution in [0.2, 0.25) is 0 Å². The summed E-state index contributed by atoms with van der Waals surface area (Å²) in [7, 11) is 0. The van der Waals surface area contributed by atoms with Gasteiger partial charge in [-0.05, 0) is 30.6 Å². The molecule has 1 heterocycles. The SMILES string of the molecule is CC(=O)c1[nH]nc2c1CC1C2C12CCCC2. The molecule has 3 aliphatic rings. The molecule has 0 bridgehead atoms. The Labute approximate surface area is 94.6 Å². The number of fused-ring (bicyclic) bond motifs is 5. The summed E-state index contributed by atoms with van der Waals surface area (Å²) in [6, 6.07) is 0. The van der Waals surface area contributed by atoms with Gasteiger partial charge in [0.05, 0.1) is 5.69 Å². The molecule has 3 heteroatoms. The van der Waals surface area contributed by atoms with E-state index in [1.54, 1.807) is 6.92 Å². The van der Waals surface area contributed by atoms with Crippen molar-refractivity contribution in [3.05, 3.63) is 17.0 Å². The van der Waals surface area contributed by atoms with E-state index in [0.29, 0.717) is 11.3 Å². The van der Waals surface area contributed by atoms with Crippen molar-refractivity contribution in [3.63, 3.8) is 0 Å². The largest absolute Gasteiger partial charge is 0.293 e. The van der Waals surface area contributed by atoms with Crippen LogP contribution in [0.4, 0.5) is 0 Å². The van der Waals surface area contributed by atoms with Crippen molar-refractivity contribution in [3.8, 4) is 0 Å². The smallest absolute Gasteiger partial charge is 0.177 e. The molecule has 0 saturated heterocycles. The first kappa shape index (κ1) is 8.97. The van der Waals surface area contributed by atoms with Crippen molar-refractivity contribution in [2.75, 3.05) is 0 Å². The summed E-state index contributed by atoms with van der Waals surface area (Å²) in [4.78, 5) is 11.4. The molecule has 0 aromatic carbocycles. The average Bonchev–Trinajstić information content (AvgIpc) is 2.69. The van der Waals surface area contributed by atoms with Crippen LogP contribution in [0, 0.1) is 11.3 Å². The predicted octanol–water partition coefficient (Wildman–Crippen LogP) is 2.44. The summed E-state index contributed by atoms with van der Waals surface area (Å²) in [6.45, 7) is 1.63. The lowest BCUT2D eigenvalue weighted by atomic mass is 9.92. The van der Waals surface area contributed by atoms with Gasteiger partial charge in [-0.25, -0.2) is 0 Å². The number of rotatable bonds is 1. The number of hydrogen-bond acceptors (Lipinski definition) is 2. The van der Waals surface area contributed by atoms with Crippen LogP contribution in [0.1, 0.15) is 60.3 Å². The predicted molar refractivity (Wildman–Crippen MR) is 59.4 cm³/mol. The first-order chi connectivity index (χ1) is 7.74. The number of hydrogen-bond donors (Lipinski definition) is 1. The van der Waals surface area contributed by atoms with Gasteiger partial charge in [0.15, 0.2) is 5.78 Å². The molecule has 1 aromatic heterocycles. The van der Waals surface area contributed by atoms with Crippen molar-refractivity contribution in [1.82, 2.24) is 10.2 Å². The fourth-order valence-corrected chi connectivity index (χ4v) is 4.43. The van der Waals surface area contributed by atoms with Crippen LogP contribution in [-0.2, 0) is 6.42 Å². The molecule has 2 fully saturated rings. The first-order valence-electron chi connectivity index (χ1n) is 6.32. The lowest BCUT2D eigenvalue weighted by molar-refractivity contribution is 0.101. The molecule has 3 nitrogen and oxygen atoms in total. The molecule has 2 atom stereocenters. The lowest BCUT2D eigenvalue weighted by Crippen LogP contribution is -2.06. The average molecular weight is 216 g/mol. The Balaban J connectivity index is 1.75. The zero-order valence-electron chi connectivity index (χ0n) is 9.55. The van der Waals surface area contributed by atoms with Crippen LogP contribution in [-0.4, -0.2) is 16.0 Å². The highest BCUT2D eigenvalue weighted by molar-refractivity contribution is 5.94. The molecular weight excluding hydrogens is 200 g/mol. The van der Waals surface area contributed by atoms with E-state index in [1.807, 2.05) is 0 Å². The zero-order valence-corrected chi connectivity index (χ0v) is 9.55. The van der Waals surface area contributed by atoms with E-state index in [-0.39, 0.29) is 5.78 Å². The Morgan fingerprint density at radius 3 is 2.88 bits per heavy atom. The van der Waals surface area contributed by atoms with E-state index in [1.165, 1.54) is 36.9 Å². The number of aromatic nitrogens is 2. The maximum Gasteiger partial charge on any atom is 0.177 e. The van der Waals surface area contributed by atoms with Gasteiger partial charge in [0, 0.05) is 18.4 Å². The van der Waals surface area contributed by atoms with E-state index in [9.17, 15) is 4.79 Å². The van der Waals surface area contributed by atoms with Crippen molar-refractivity contribution in [1.29, 1.82) is 0 Å². The summed E-state index contributed by atoms with van der Waals surface area (Å²) >= 11 is 0. The van der Waals surface area contributed by atoms with Gasteiger partial charge in [-0.3, -0.25) is 9.89 Å². The van der Waals surface area contributed by atoms with E-state index in [4.69, 9.17) is 0 Å². The number of carbonyl (C=O) groups is 1. The van der Waals surface area contributed by atoms with Gasteiger partial charge in [0.1, 0.15) is 5.69 Å². The zero-order chi connectivity index (χ0) is 10.9. The van der Waals surface area contributed by atoms with Crippen LogP contribution in [0.25, 0.3) is 0 Å². The van der Waals surface area contributed by atoms with Crippen molar-refractivity contribution >= 4 is 5.78 Å². The van der Waals surface area contributed by atoms with E-state index < -0.39 is 0 Å². The van der Waals surface area contributed by atoms with Crippen molar-refractivity contribution < 1.29 is 4.79 Å². The third-order valence-electron chi connectivity index (χ3n) is 5.16. The Bertz CT molecular complexity index is 482. The molecule has 1 aromatic rings. The maximum absolute atomic E-state index is 11.4. The number of nitrogens with zero attached hydrogens (tertiary/aromatic N) is 1. The summed E-state index contributed by atoms with van der Waals surface area (Å²) < 4.78 is 0. The fourth-order valence-electron chi connectivity index (χ4n) is 4.43. The van der Waals surface area contributed by atoms with Gasteiger partial charge in [0.25, 0.3) is 0 Å². The Morgan fingerprint density at radius 1 is 1.44 bits per heavy atom. The van der Waals surface area contributed by atoms with Gasteiger partial charge < -0.3 is 0 Å². The molecule has 84 valence electrons. The molecule has 2 saturated carbocycles. The minimum Gasteiger partial charge on any atom is -0.293 e. The molecular formula is C13H16N2O. The molecule has 1 spiro atoms. The van der Waals surface area contributed by atoms with Gasteiger partial charge in [-0.15, -0.1) is 0 Å². The summed E-state index contributed by atoms with van der Waals surface area (Å²) in [6.07, 6.45) is 6.68. The molecule has 0 aliphatic heterocycles. The van der Waals surface area contributed by atoms with E-state index in [0.717, 1.165) is 18.0 Å². The topological polar surface area (TPSA) is 45.8 Å². The molecule has 16 heavy (non-hydrogen) atoms. The third kappa shape index (κ3) is 0.827. The van der Waals surface area contributed by atoms with Crippen LogP contribution >= 0.6 is 0 Å². The Hall–Kier alpha value is -1.12. The number of Topliss-reactive ketones (excluding diaryl/α,β-unsaturated/α-hetero) is 1. The van der Waals surface area contributed by atoms with Gasteiger partial charge in [-0.2, -0.15) is 5.10 Å². The highest BCUT2D eigenvalue weighted by Crippen LogP contribution is 2.76. The van der Waals surface area contributed by atoms with Gasteiger partial charge in [0.2, 0.25) is 0 Å². The van der Waals surface area contributed by atoms with Crippen LogP contribution in [0.3, 0.4) is 0 Å². The standard InChI is InChI=1S/C13H16N2O/c1-7(16)11-8-6-9-10(12(8)15-14-11)13(9)4-2-3-5-13/h9-10H,2-6H2,1H3,(H,14,15). The minimum absolute atomic E-state index is 0.135. The number of ketones is 1. The molecule has 4 rings (SSSR count). The van der Waals surface area contributed by atoms with Gasteiger partial charge >= 0.3 is 0 Å². The summed E-state index contributed by atoms with van der Waals surface area (Å²) in [5.74, 6) is 1.64. The van der Waals surface area contributed by atoms with E-state index >= 15 is 0 Å². The Kier molecular flexibility index (Phi) is 1.45. The Morgan fingerprint density at radius 2 is 2.19 bits per heavy atom. The second-order valence-corrected chi connectivity index (χ2v) is 5.75. The molecule has 0 amide bonds. The maximum atomic E-state index is 11.4. The van der Waals surface area contributed by atoms with Crippen LogP contribution < -0.4 is 0 Å². The number of nitrogens with one attached hydrogen (secondary N) is 1. The van der Waals surface area contributed by atoms with Crippen molar-refractivity contribution in [2.45, 2.75) is 44.9 Å². The summed E-state index contributed by atoms with van der Waals surface area (Å²) in [5, 5.41) is 7.35. The highest BCUT2D eigenvalue weighted by Gasteiger charge is 2.69. The monoisotopic (exact) mass is 216 g/mol. The van der Waals surface area contributed by atoms with E-state index in [2.05, 4.69) is 10.2 Å². The fraction of sp³-hybridized carbons (Fsp3) is 0.692. The number of aromatic amines is 1. The molecule has 3 aliphatic carbocycles. The van der Waals surface area contributed by atoms with Crippen LogP contribution in [0.15, 0.2) is 0 Å². The van der Waals surface area contributed by atoms with Crippen LogP contribution in [0.5, 0.6) is 0 Å². The lowest BCUT2D eigenvalue weighted by Gasteiger charge is -2.11. The number of H-pyrrole nitrogens is 1. The first-order valence-corrected chi connectivity index (χ1v) is 6.32. The quantitative estimate of drug-likeness (QED) is 0.733. The molecule has 0 radical (unpaired) electrons. The normalized spacial score (nSPS) is 32.8. The number of carbonyl (C=O) groups excluding carboxylic acids is 1. The van der Waals surface area contributed by atoms with Gasteiger partial charge in [-0.1, -0.05) is 12.8 Å². The summed E-state index contributed by atoms with van der Waals surface area (Å²) in [5.41, 5.74) is 3.85. The second kappa shape index (κ2) is 2.58.